The number of nitrogens with two attached hydrogens (primary N) is 2. The van der Waals surface area contributed by atoms with Crippen LogP contribution in [-0.4, -0.2) is 43.5 Å². The second kappa shape index (κ2) is 8.56. The minimum absolute atomic E-state index is 0.0413. The fraction of sp³-hybridized carbons (Fsp3) is 0.286. The minimum Gasteiger partial charge on any atom is -0.312 e. The molecule has 2 aliphatic heterocycles. The van der Waals surface area contributed by atoms with Crippen LogP contribution in [0.3, 0.4) is 0 Å². The van der Waals surface area contributed by atoms with Gasteiger partial charge in [-0.05, 0) is 56.4 Å². The van der Waals surface area contributed by atoms with Crippen molar-refractivity contribution < 1.29 is 4.39 Å². The summed E-state index contributed by atoms with van der Waals surface area (Å²) in [6.07, 6.45) is 2.14. The molecule has 0 saturated carbocycles. The fourth-order valence-electron chi connectivity index (χ4n) is 3.44. The van der Waals surface area contributed by atoms with Crippen molar-refractivity contribution in [2.45, 2.75) is 18.1 Å². The SMILES string of the molecule is CN(C)CCc1ccc(N2C3=C(SC2N)C(N)N(c2ccc(F)c(Cl)c2)C=N3)cc1. The lowest BCUT2D eigenvalue weighted by Crippen LogP contribution is -2.44. The Labute approximate surface area is 185 Å². The van der Waals surface area contributed by atoms with E-state index in [4.69, 9.17) is 23.1 Å². The Morgan fingerprint density at radius 1 is 1.13 bits per heavy atom. The molecule has 30 heavy (non-hydrogen) atoms. The zero-order valence-corrected chi connectivity index (χ0v) is 18.4. The molecule has 4 N–H and O–H groups in total. The number of thioether (sulfide) groups is 1. The van der Waals surface area contributed by atoms with Crippen molar-refractivity contribution >= 4 is 41.1 Å². The van der Waals surface area contributed by atoms with E-state index in [2.05, 4.69) is 48.3 Å². The molecule has 2 aromatic rings. The molecule has 2 aromatic carbocycles. The highest BCUT2D eigenvalue weighted by Crippen LogP contribution is 2.43. The lowest BCUT2D eigenvalue weighted by atomic mass is 10.1. The molecule has 2 atom stereocenters. The van der Waals surface area contributed by atoms with Gasteiger partial charge in [-0.3, -0.25) is 4.90 Å². The van der Waals surface area contributed by atoms with E-state index >= 15 is 0 Å². The molecule has 0 amide bonds. The Morgan fingerprint density at radius 3 is 2.50 bits per heavy atom. The van der Waals surface area contributed by atoms with Crippen LogP contribution in [0.1, 0.15) is 5.56 Å². The van der Waals surface area contributed by atoms with Crippen molar-refractivity contribution in [1.82, 2.24) is 4.90 Å². The lowest BCUT2D eigenvalue weighted by Gasteiger charge is -2.31. The maximum atomic E-state index is 13.5. The molecular formula is C21H24ClFN6S. The van der Waals surface area contributed by atoms with Gasteiger partial charge in [0.05, 0.1) is 16.3 Å². The number of halogens is 2. The van der Waals surface area contributed by atoms with E-state index < -0.39 is 12.0 Å². The quantitative estimate of drug-likeness (QED) is 0.733. The van der Waals surface area contributed by atoms with E-state index in [1.54, 1.807) is 17.3 Å². The molecule has 0 aliphatic carbocycles. The topological polar surface area (TPSA) is 74.1 Å². The molecule has 0 bridgehead atoms. The second-order valence-corrected chi connectivity index (χ2v) is 9.05. The average Bonchev–Trinajstić information content (AvgIpc) is 3.06. The van der Waals surface area contributed by atoms with Crippen LogP contribution in [0.5, 0.6) is 0 Å². The number of rotatable bonds is 5. The Kier molecular flexibility index (Phi) is 6.04. The lowest BCUT2D eigenvalue weighted by molar-refractivity contribution is 0.413. The van der Waals surface area contributed by atoms with Crippen molar-refractivity contribution in [2.75, 3.05) is 30.4 Å². The summed E-state index contributed by atoms with van der Waals surface area (Å²) in [5.41, 5.74) is 15.5. The predicted molar refractivity (Wildman–Crippen MR) is 124 cm³/mol. The second-order valence-electron chi connectivity index (χ2n) is 7.48. The van der Waals surface area contributed by atoms with Crippen LogP contribution in [0.2, 0.25) is 5.02 Å². The first kappa shape index (κ1) is 21.1. The molecule has 2 unspecified atom stereocenters. The molecule has 0 fully saturated rings. The molecule has 0 spiro atoms. The van der Waals surface area contributed by atoms with Crippen molar-refractivity contribution in [3.63, 3.8) is 0 Å². The largest absolute Gasteiger partial charge is 0.312 e. The summed E-state index contributed by atoms with van der Waals surface area (Å²) in [4.78, 5) is 11.4. The highest BCUT2D eigenvalue weighted by molar-refractivity contribution is 8.04. The summed E-state index contributed by atoms with van der Waals surface area (Å²) in [6.45, 7) is 0.996. The van der Waals surface area contributed by atoms with E-state index in [0.29, 0.717) is 5.69 Å². The van der Waals surface area contributed by atoms with E-state index in [-0.39, 0.29) is 10.5 Å². The highest BCUT2D eigenvalue weighted by atomic mass is 35.5. The van der Waals surface area contributed by atoms with Crippen LogP contribution in [0.15, 0.2) is 58.2 Å². The number of hydrogen-bond donors (Lipinski definition) is 2. The Bertz CT molecular complexity index is 993. The van der Waals surface area contributed by atoms with Crippen molar-refractivity contribution in [3.8, 4) is 0 Å². The van der Waals surface area contributed by atoms with E-state index in [1.807, 2.05) is 4.90 Å². The summed E-state index contributed by atoms with van der Waals surface area (Å²) in [5.74, 6) is 0.269. The maximum Gasteiger partial charge on any atom is 0.150 e. The van der Waals surface area contributed by atoms with Crippen LogP contribution in [-0.2, 0) is 6.42 Å². The molecule has 0 radical (unpaired) electrons. The summed E-state index contributed by atoms with van der Waals surface area (Å²) in [5, 5.41) is 0.0413. The number of benzene rings is 2. The summed E-state index contributed by atoms with van der Waals surface area (Å²) < 4.78 is 13.5. The Hall–Kier alpha value is -2.10. The summed E-state index contributed by atoms with van der Waals surface area (Å²) in [7, 11) is 4.13. The number of aliphatic imine (C=N–C) groups is 1. The molecule has 2 aliphatic rings. The third-order valence-corrected chi connectivity index (χ3v) is 6.51. The van der Waals surface area contributed by atoms with Gasteiger partial charge < -0.3 is 21.3 Å². The smallest absolute Gasteiger partial charge is 0.150 e. The van der Waals surface area contributed by atoms with Gasteiger partial charge in [0.25, 0.3) is 0 Å². The summed E-state index contributed by atoms with van der Waals surface area (Å²) in [6, 6.07) is 12.9. The van der Waals surface area contributed by atoms with Gasteiger partial charge in [0, 0.05) is 17.9 Å². The van der Waals surface area contributed by atoms with Crippen molar-refractivity contribution in [1.29, 1.82) is 0 Å². The zero-order chi connectivity index (χ0) is 21.4. The molecule has 6 nitrogen and oxygen atoms in total. The average molecular weight is 447 g/mol. The number of likely N-dealkylation sites (N-methyl/N-ethyl adjacent to an activating group) is 1. The van der Waals surface area contributed by atoms with Crippen molar-refractivity contribution in [3.05, 3.63) is 69.6 Å². The molecule has 0 saturated heterocycles. The molecule has 4 rings (SSSR count). The van der Waals surface area contributed by atoms with Crippen LogP contribution >= 0.6 is 23.4 Å². The van der Waals surface area contributed by atoms with E-state index in [0.717, 1.165) is 29.4 Å². The summed E-state index contributed by atoms with van der Waals surface area (Å²) >= 11 is 7.41. The third-order valence-electron chi connectivity index (χ3n) is 5.09. The predicted octanol–water partition coefficient (Wildman–Crippen LogP) is 3.38. The van der Waals surface area contributed by atoms with Crippen LogP contribution in [0.4, 0.5) is 15.8 Å². The standard InChI is InChI=1S/C21H24ClFN6S/c1-27(2)10-9-13-3-5-14(6-4-13)29-20-18(30-21(29)25)19(24)28(12-26-20)15-7-8-17(23)16(22)11-15/h3-8,11-12,19,21H,9-10,24-25H2,1-2H3. The van der Waals surface area contributed by atoms with Crippen molar-refractivity contribution in [2.24, 2.45) is 16.5 Å². The van der Waals surface area contributed by atoms with Gasteiger partial charge in [0.15, 0.2) is 0 Å². The first-order chi connectivity index (χ1) is 14.3. The minimum atomic E-state index is -0.487. The molecule has 0 aromatic heterocycles. The Balaban J connectivity index is 1.57. The maximum absolute atomic E-state index is 13.5. The highest BCUT2D eigenvalue weighted by Gasteiger charge is 2.38. The number of anilines is 2. The molecule has 2 heterocycles. The number of nitrogens with zero attached hydrogens (tertiary/aromatic N) is 4. The normalized spacial score (nSPS) is 21.0. The first-order valence-corrected chi connectivity index (χ1v) is 10.8. The van der Waals surface area contributed by atoms with Gasteiger partial charge in [-0.2, -0.15) is 0 Å². The van der Waals surface area contributed by atoms with Crippen LogP contribution in [0, 0.1) is 5.82 Å². The van der Waals surface area contributed by atoms with Crippen LogP contribution in [0.25, 0.3) is 0 Å². The van der Waals surface area contributed by atoms with Gasteiger partial charge in [-0.25, -0.2) is 9.38 Å². The monoisotopic (exact) mass is 446 g/mol. The van der Waals surface area contributed by atoms with Gasteiger partial charge in [-0.1, -0.05) is 35.5 Å². The van der Waals surface area contributed by atoms with Gasteiger partial charge in [0.1, 0.15) is 23.3 Å². The molecule has 158 valence electrons. The van der Waals surface area contributed by atoms with E-state index in [9.17, 15) is 4.39 Å². The molecule has 9 heteroatoms. The van der Waals surface area contributed by atoms with Crippen LogP contribution < -0.4 is 21.3 Å². The fourth-order valence-corrected chi connectivity index (χ4v) is 4.71. The third kappa shape index (κ3) is 4.06. The molecular weight excluding hydrogens is 423 g/mol. The van der Waals surface area contributed by atoms with Gasteiger partial charge >= 0.3 is 0 Å². The first-order valence-electron chi connectivity index (χ1n) is 9.57. The zero-order valence-electron chi connectivity index (χ0n) is 16.8. The van der Waals surface area contributed by atoms with Gasteiger partial charge in [-0.15, -0.1) is 0 Å². The number of hydrogen-bond acceptors (Lipinski definition) is 7. The Morgan fingerprint density at radius 2 is 1.83 bits per heavy atom. The van der Waals surface area contributed by atoms with Gasteiger partial charge in [0.2, 0.25) is 0 Å². The van der Waals surface area contributed by atoms with E-state index in [1.165, 1.54) is 29.5 Å².